The summed E-state index contributed by atoms with van der Waals surface area (Å²) in [5, 5.41) is 6.27. The van der Waals surface area contributed by atoms with Crippen molar-refractivity contribution in [3.05, 3.63) is 70.8 Å². The van der Waals surface area contributed by atoms with Crippen molar-refractivity contribution in [2.24, 2.45) is 0 Å². The molecule has 1 fully saturated rings. The third-order valence-corrected chi connectivity index (χ3v) is 4.49. The van der Waals surface area contributed by atoms with Gasteiger partial charge in [0.25, 0.3) is 5.91 Å². The predicted molar refractivity (Wildman–Crippen MR) is 107 cm³/mol. The van der Waals surface area contributed by atoms with E-state index in [1.165, 1.54) is 6.08 Å². The van der Waals surface area contributed by atoms with E-state index in [9.17, 15) is 9.59 Å². The number of halogens is 1. The number of carbonyl (C=O) groups excluding carboxylic acids is 2. The fourth-order valence-electron chi connectivity index (χ4n) is 2.82. The second kappa shape index (κ2) is 9.35. The summed E-state index contributed by atoms with van der Waals surface area (Å²) < 4.78 is 5.51. The van der Waals surface area contributed by atoms with Gasteiger partial charge in [-0.15, -0.1) is 0 Å². The summed E-state index contributed by atoms with van der Waals surface area (Å²) in [6.45, 7) is 1.21. The summed E-state index contributed by atoms with van der Waals surface area (Å²) in [5.41, 5.74) is 1.74. The highest BCUT2D eigenvalue weighted by Crippen LogP contribution is 2.16. The minimum atomic E-state index is -0.315. The van der Waals surface area contributed by atoms with E-state index < -0.39 is 0 Å². The molecule has 0 aromatic heterocycles. The topological polar surface area (TPSA) is 67.4 Å². The second-order valence-corrected chi connectivity index (χ2v) is 6.70. The zero-order valence-corrected chi connectivity index (χ0v) is 15.5. The van der Waals surface area contributed by atoms with Crippen molar-refractivity contribution in [2.75, 3.05) is 18.5 Å². The van der Waals surface area contributed by atoms with E-state index in [0.29, 0.717) is 22.8 Å². The third-order valence-electron chi connectivity index (χ3n) is 4.24. The first-order valence-electron chi connectivity index (χ1n) is 8.85. The zero-order chi connectivity index (χ0) is 19.1. The maximum atomic E-state index is 12.5. The standard InChI is InChI=1S/C21H21ClN2O3/c22-16-10-7-15(8-11-16)9-12-20(25)24-19-6-2-1-5-18(19)21(26)23-14-17-4-3-13-27-17/h1-2,5-12,17H,3-4,13-14H2,(H,23,26)(H,24,25)/b12-9+/t17-/m1/s1. The van der Waals surface area contributed by atoms with Crippen LogP contribution in [0.2, 0.25) is 5.02 Å². The lowest BCUT2D eigenvalue weighted by Crippen LogP contribution is -2.32. The summed E-state index contributed by atoms with van der Waals surface area (Å²) in [4.78, 5) is 24.7. The van der Waals surface area contributed by atoms with Crippen molar-refractivity contribution in [2.45, 2.75) is 18.9 Å². The van der Waals surface area contributed by atoms with E-state index >= 15 is 0 Å². The Morgan fingerprint density at radius 2 is 1.93 bits per heavy atom. The van der Waals surface area contributed by atoms with E-state index in [1.807, 2.05) is 12.1 Å². The van der Waals surface area contributed by atoms with Crippen LogP contribution in [0.1, 0.15) is 28.8 Å². The molecule has 1 aliphatic heterocycles. The number of para-hydroxylation sites is 1. The fourth-order valence-corrected chi connectivity index (χ4v) is 2.94. The smallest absolute Gasteiger partial charge is 0.253 e. The van der Waals surface area contributed by atoms with Crippen molar-refractivity contribution < 1.29 is 14.3 Å². The lowest BCUT2D eigenvalue weighted by Gasteiger charge is -2.13. The van der Waals surface area contributed by atoms with Crippen LogP contribution in [0, 0.1) is 0 Å². The molecule has 0 spiro atoms. The lowest BCUT2D eigenvalue weighted by atomic mass is 10.1. The molecule has 1 atom stereocenters. The zero-order valence-electron chi connectivity index (χ0n) is 14.8. The van der Waals surface area contributed by atoms with Crippen LogP contribution in [0.3, 0.4) is 0 Å². The maximum absolute atomic E-state index is 12.5. The molecule has 0 aliphatic carbocycles. The van der Waals surface area contributed by atoms with Crippen LogP contribution in [0.5, 0.6) is 0 Å². The normalized spacial score (nSPS) is 16.4. The van der Waals surface area contributed by atoms with Gasteiger partial charge < -0.3 is 15.4 Å². The van der Waals surface area contributed by atoms with Crippen LogP contribution in [-0.2, 0) is 9.53 Å². The summed E-state index contributed by atoms with van der Waals surface area (Å²) in [6, 6.07) is 14.1. The minimum absolute atomic E-state index is 0.0676. The fraction of sp³-hybridized carbons (Fsp3) is 0.238. The molecule has 2 aromatic rings. The van der Waals surface area contributed by atoms with Crippen molar-refractivity contribution in [1.82, 2.24) is 5.32 Å². The van der Waals surface area contributed by atoms with E-state index in [2.05, 4.69) is 10.6 Å². The van der Waals surface area contributed by atoms with Crippen molar-refractivity contribution in [1.29, 1.82) is 0 Å². The van der Waals surface area contributed by atoms with Crippen LogP contribution in [0.15, 0.2) is 54.6 Å². The molecule has 0 radical (unpaired) electrons. The molecule has 0 saturated carbocycles. The van der Waals surface area contributed by atoms with E-state index in [-0.39, 0.29) is 17.9 Å². The molecule has 5 nitrogen and oxygen atoms in total. The average Bonchev–Trinajstić information content (AvgIpc) is 3.20. The molecule has 3 rings (SSSR count). The summed E-state index contributed by atoms with van der Waals surface area (Å²) >= 11 is 5.85. The number of benzene rings is 2. The molecule has 1 aliphatic rings. The molecular formula is C21H21ClN2O3. The first-order valence-corrected chi connectivity index (χ1v) is 9.23. The molecule has 27 heavy (non-hydrogen) atoms. The van der Waals surface area contributed by atoms with Crippen molar-refractivity contribution in [3.63, 3.8) is 0 Å². The van der Waals surface area contributed by atoms with Gasteiger partial charge in [-0.05, 0) is 48.7 Å². The van der Waals surface area contributed by atoms with Gasteiger partial charge >= 0.3 is 0 Å². The number of rotatable bonds is 6. The Bertz CT molecular complexity index is 828. The first kappa shape index (κ1) is 19.1. The van der Waals surface area contributed by atoms with Crippen molar-refractivity contribution in [3.8, 4) is 0 Å². The highest BCUT2D eigenvalue weighted by Gasteiger charge is 2.18. The Morgan fingerprint density at radius 1 is 1.15 bits per heavy atom. The van der Waals surface area contributed by atoms with Gasteiger partial charge in [0, 0.05) is 24.3 Å². The van der Waals surface area contributed by atoms with Gasteiger partial charge in [0.2, 0.25) is 5.91 Å². The lowest BCUT2D eigenvalue weighted by molar-refractivity contribution is -0.111. The SMILES string of the molecule is O=C(/C=C/c1ccc(Cl)cc1)Nc1ccccc1C(=O)NC[C@H]1CCCO1. The van der Waals surface area contributed by atoms with Gasteiger partial charge in [-0.3, -0.25) is 9.59 Å². The Labute approximate surface area is 163 Å². The molecule has 0 unspecified atom stereocenters. The number of amides is 2. The Kier molecular flexibility index (Phi) is 6.63. The van der Waals surface area contributed by atoms with Gasteiger partial charge in [0.15, 0.2) is 0 Å². The molecule has 0 bridgehead atoms. The minimum Gasteiger partial charge on any atom is -0.376 e. The van der Waals surface area contributed by atoms with Gasteiger partial charge in [0.05, 0.1) is 17.4 Å². The van der Waals surface area contributed by atoms with Crippen LogP contribution in [0.4, 0.5) is 5.69 Å². The summed E-state index contributed by atoms with van der Waals surface area (Å²) in [5.74, 6) is -0.549. The molecule has 2 N–H and O–H groups in total. The van der Waals surface area contributed by atoms with E-state index in [0.717, 1.165) is 25.0 Å². The maximum Gasteiger partial charge on any atom is 0.253 e. The third kappa shape index (κ3) is 5.67. The number of nitrogens with one attached hydrogen (secondary N) is 2. The average molecular weight is 385 g/mol. The van der Waals surface area contributed by atoms with Crippen LogP contribution < -0.4 is 10.6 Å². The quantitative estimate of drug-likeness (QED) is 0.742. The second-order valence-electron chi connectivity index (χ2n) is 6.26. The van der Waals surface area contributed by atoms with Crippen LogP contribution in [0.25, 0.3) is 6.08 Å². The summed E-state index contributed by atoms with van der Waals surface area (Å²) in [7, 11) is 0. The molecule has 6 heteroatoms. The number of anilines is 1. The molecule has 1 heterocycles. The largest absolute Gasteiger partial charge is 0.376 e. The van der Waals surface area contributed by atoms with Gasteiger partial charge in [-0.1, -0.05) is 35.9 Å². The molecule has 2 amide bonds. The van der Waals surface area contributed by atoms with E-state index in [4.69, 9.17) is 16.3 Å². The Morgan fingerprint density at radius 3 is 2.67 bits per heavy atom. The van der Waals surface area contributed by atoms with Crippen molar-refractivity contribution >= 4 is 35.2 Å². The predicted octanol–water partition coefficient (Wildman–Crippen LogP) is 3.90. The van der Waals surface area contributed by atoms with E-state index in [1.54, 1.807) is 42.5 Å². The Balaban J connectivity index is 1.61. The number of carbonyl (C=O) groups is 2. The number of ether oxygens (including phenoxy) is 1. The number of hydrogen-bond donors (Lipinski definition) is 2. The summed E-state index contributed by atoms with van der Waals surface area (Å²) in [6.07, 6.45) is 5.15. The van der Waals surface area contributed by atoms with Gasteiger partial charge in [-0.2, -0.15) is 0 Å². The molecule has 1 saturated heterocycles. The number of hydrogen-bond acceptors (Lipinski definition) is 3. The van der Waals surface area contributed by atoms with Gasteiger partial charge in [-0.25, -0.2) is 0 Å². The first-order chi connectivity index (χ1) is 13.1. The highest BCUT2D eigenvalue weighted by atomic mass is 35.5. The Hall–Kier alpha value is -2.63. The van der Waals surface area contributed by atoms with Crippen LogP contribution >= 0.6 is 11.6 Å². The monoisotopic (exact) mass is 384 g/mol. The molecule has 140 valence electrons. The molecular weight excluding hydrogens is 364 g/mol. The van der Waals surface area contributed by atoms with Crippen LogP contribution in [-0.4, -0.2) is 31.1 Å². The highest BCUT2D eigenvalue weighted by molar-refractivity contribution is 6.30. The van der Waals surface area contributed by atoms with Gasteiger partial charge in [0.1, 0.15) is 0 Å². The molecule has 2 aromatic carbocycles.